The van der Waals surface area contributed by atoms with Crippen molar-refractivity contribution >= 4 is 11.7 Å². The van der Waals surface area contributed by atoms with E-state index in [2.05, 4.69) is 45.9 Å². The lowest BCUT2D eigenvalue weighted by Gasteiger charge is -2.46. The second-order valence-electron chi connectivity index (χ2n) is 8.06. The van der Waals surface area contributed by atoms with Crippen molar-refractivity contribution in [2.75, 3.05) is 32.1 Å². The molecular weight excluding hydrogens is 352 g/mol. The normalized spacial score (nSPS) is 27.1. The maximum atomic E-state index is 12.8. The van der Waals surface area contributed by atoms with Gasteiger partial charge in [0, 0.05) is 18.0 Å². The molecule has 1 aromatic heterocycles. The van der Waals surface area contributed by atoms with Crippen LogP contribution in [0, 0.1) is 0 Å². The highest BCUT2D eigenvalue weighted by molar-refractivity contribution is 5.95. The molecule has 2 fully saturated rings. The zero-order valence-corrected chi connectivity index (χ0v) is 16.6. The Morgan fingerprint density at radius 1 is 1.21 bits per heavy atom. The lowest BCUT2D eigenvalue weighted by atomic mass is 9.63. The highest BCUT2D eigenvalue weighted by Crippen LogP contribution is 2.45. The summed E-state index contributed by atoms with van der Waals surface area (Å²) in [5.74, 6) is 0.549. The highest BCUT2D eigenvalue weighted by Gasteiger charge is 2.51. The fourth-order valence-corrected chi connectivity index (χ4v) is 5.03. The average Bonchev–Trinajstić information content (AvgIpc) is 3.04. The largest absolute Gasteiger partial charge is 0.481 e. The number of hydrogen-bond donors (Lipinski definition) is 2. The van der Waals surface area contributed by atoms with E-state index in [1.807, 2.05) is 18.0 Å². The van der Waals surface area contributed by atoms with Crippen LogP contribution in [0.15, 0.2) is 48.7 Å². The molecule has 2 aliphatic rings. The first-order chi connectivity index (χ1) is 13.6. The molecule has 6 nitrogen and oxygen atoms in total. The molecular formula is C22H28N4O2. The first-order valence-corrected chi connectivity index (χ1v) is 9.90. The number of ether oxygens (including phenoxy) is 1. The van der Waals surface area contributed by atoms with E-state index in [0.717, 1.165) is 37.9 Å². The van der Waals surface area contributed by atoms with E-state index in [1.165, 1.54) is 5.56 Å². The van der Waals surface area contributed by atoms with Gasteiger partial charge in [0.1, 0.15) is 0 Å². The summed E-state index contributed by atoms with van der Waals surface area (Å²) in [6, 6.07) is 14.4. The van der Waals surface area contributed by atoms with Crippen molar-refractivity contribution in [2.45, 2.75) is 36.6 Å². The van der Waals surface area contributed by atoms with Crippen LogP contribution in [0.25, 0.3) is 0 Å². The molecule has 1 aliphatic heterocycles. The van der Waals surface area contributed by atoms with Gasteiger partial charge in [0.2, 0.25) is 5.88 Å². The number of carbonyl (C=O) groups is 1. The Morgan fingerprint density at radius 2 is 2.04 bits per heavy atom. The number of hydrogen-bond acceptors (Lipinski definition) is 4. The summed E-state index contributed by atoms with van der Waals surface area (Å²) in [5.41, 5.74) is 1.96. The van der Waals surface area contributed by atoms with Gasteiger partial charge in [-0.2, -0.15) is 0 Å². The smallest absolute Gasteiger partial charge is 0.322 e. The molecule has 1 aliphatic carbocycles. The van der Waals surface area contributed by atoms with E-state index in [4.69, 9.17) is 4.74 Å². The molecule has 1 saturated heterocycles. The first-order valence-electron chi connectivity index (χ1n) is 9.90. The van der Waals surface area contributed by atoms with Crippen LogP contribution < -0.4 is 20.3 Å². The van der Waals surface area contributed by atoms with E-state index in [1.54, 1.807) is 19.4 Å². The van der Waals surface area contributed by atoms with Gasteiger partial charge in [0.25, 0.3) is 0 Å². The van der Waals surface area contributed by atoms with Gasteiger partial charge < -0.3 is 15.4 Å². The summed E-state index contributed by atoms with van der Waals surface area (Å²) in [5, 5.41) is 6.73. The van der Waals surface area contributed by atoms with Crippen molar-refractivity contribution in [3.63, 3.8) is 0 Å². The number of nitrogens with one attached hydrogen (secondary N) is 2. The number of carbonyl (C=O) groups excluding carboxylic acids is 1. The van der Waals surface area contributed by atoms with Crippen LogP contribution in [0.3, 0.4) is 0 Å². The van der Waals surface area contributed by atoms with Crippen LogP contribution in [0.1, 0.15) is 31.2 Å². The molecule has 1 aromatic carbocycles. The van der Waals surface area contributed by atoms with Gasteiger partial charge in [-0.3, -0.25) is 4.90 Å². The van der Waals surface area contributed by atoms with Crippen LogP contribution in [-0.2, 0) is 5.41 Å². The van der Waals surface area contributed by atoms with Crippen LogP contribution in [0.5, 0.6) is 5.88 Å². The van der Waals surface area contributed by atoms with Gasteiger partial charge in [-0.15, -0.1) is 0 Å². The zero-order chi connectivity index (χ0) is 19.6. The molecule has 4 rings (SSSR count). The van der Waals surface area contributed by atoms with Crippen molar-refractivity contribution in [2.24, 2.45) is 0 Å². The standard InChI is InChI=1S/C22H28N4O2/c1-23-15-21(17-7-4-3-5-8-17)11-6-12-22(14-21)16-26(20(27)25-22)18-9-10-19(28-2)24-13-18/h3-5,7-10,13,23H,6,11-12,14-16H2,1-2H3,(H,25,27)/t21?,22-/m1/s1. The van der Waals surface area contributed by atoms with Crippen molar-refractivity contribution in [3.05, 3.63) is 54.2 Å². The third-order valence-electron chi connectivity index (χ3n) is 6.21. The van der Waals surface area contributed by atoms with Gasteiger partial charge in [0.15, 0.2) is 0 Å². The second-order valence-corrected chi connectivity index (χ2v) is 8.06. The molecule has 1 spiro atoms. The average molecular weight is 380 g/mol. The van der Waals surface area contributed by atoms with E-state index < -0.39 is 0 Å². The van der Waals surface area contributed by atoms with Crippen molar-refractivity contribution in [1.29, 1.82) is 0 Å². The minimum Gasteiger partial charge on any atom is -0.481 e. The minimum absolute atomic E-state index is 0.0235. The molecule has 0 bridgehead atoms. The summed E-state index contributed by atoms with van der Waals surface area (Å²) in [4.78, 5) is 18.9. The zero-order valence-electron chi connectivity index (χ0n) is 16.6. The molecule has 28 heavy (non-hydrogen) atoms. The van der Waals surface area contributed by atoms with E-state index in [9.17, 15) is 4.79 Å². The maximum absolute atomic E-state index is 12.8. The number of aromatic nitrogens is 1. The lowest BCUT2D eigenvalue weighted by molar-refractivity contribution is 0.175. The molecule has 2 atom stereocenters. The van der Waals surface area contributed by atoms with Crippen molar-refractivity contribution in [3.8, 4) is 5.88 Å². The number of likely N-dealkylation sites (N-methyl/N-ethyl adjacent to an activating group) is 1. The molecule has 2 heterocycles. The number of urea groups is 1. The van der Waals surface area contributed by atoms with Gasteiger partial charge in [-0.1, -0.05) is 36.8 Å². The molecule has 6 heteroatoms. The van der Waals surface area contributed by atoms with Gasteiger partial charge >= 0.3 is 6.03 Å². The quantitative estimate of drug-likeness (QED) is 0.837. The van der Waals surface area contributed by atoms with Crippen molar-refractivity contribution < 1.29 is 9.53 Å². The monoisotopic (exact) mass is 380 g/mol. The molecule has 1 unspecified atom stereocenters. The number of methoxy groups -OCH3 is 1. The van der Waals surface area contributed by atoms with Crippen molar-refractivity contribution in [1.82, 2.24) is 15.6 Å². The number of benzene rings is 1. The maximum Gasteiger partial charge on any atom is 0.322 e. The lowest BCUT2D eigenvalue weighted by Crippen LogP contribution is -2.54. The third kappa shape index (κ3) is 3.33. The molecule has 148 valence electrons. The van der Waals surface area contributed by atoms with Gasteiger partial charge in [0.05, 0.1) is 31.1 Å². The molecule has 2 N–H and O–H groups in total. The van der Waals surface area contributed by atoms with Crippen LogP contribution in [0.4, 0.5) is 10.5 Å². The predicted molar refractivity (Wildman–Crippen MR) is 110 cm³/mol. The number of anilines is 1. The van der Waals surface area contributed by atoms with Gasteiger partial charge in [-0.05, 0) is 37.9 Å². The number of nitrogens with zero attached hydrogens (tertiary/aromatic N) is 2. The third-order valence-corrected chi connectivity index (χ3v) is 6.21. The topological polar surface area (TPSA) is 66.5 Å². The summed E-state index contributed by atoms with van der Waals surface area (Å²) < 4.78 is 5.13. The summed E-state index contributed by atoms with van der Waals surface area (Å²) >= 11 is 0. The van der Waals surface area contributed by atoms with Crippen LogP contribution in [0.2, 0.25) is 0 Å². The van der Waals surface area contributed by atoms with Gasteiger partial charge in [-0.25, -0.2) is 9.78 Å². The van der Waals surface area contributed by atoms with E-state index >= 15 is 0 Å². The summed E-state index contributed by atoms with van der Waals surface area (Å²) in [6.45, 7) is 1.57. The molecule has 2 aromatic rings. The Morgan fingerprint density at radius 3 is 2.71 bits per heavy atom. The molecule has 1 saturated carbocycles. The number of pyridine rings is 1. The predicted octanol–water partition coefficient (Wildman–Crippen LogP) is 3.09. The second kappa shape index (κ2) is 7.43. The van der Waals surface area contributed by atoms with E-state index in [-0.39, 0.29) is 17.0 Å². The Bertz CT molecular complexity index is 822. The number of rotatable bonds is 5. The minimum atomic E-state index is -0.220. The fourth-order valence-electron chi connectivity index (χ4n) is 5.03. The Labute approximate surface area is 166 Å². The van der Waals surface area contributed by atoms with Crippen LogP contribution in [-0.4, -0.2) is 43.8 Å². The number of amides is 2. The van der Waals surface area contributed by atoms with E-state index in [0.29, 0.717) is 12.4 Å². The first kappa shape index (κ1) is 18.7. The summed E-state index contributed by atoms with van der Waals surface area (Å²) in [6.07, 6.45) is 5.84. The molecule has 2 amide bonds. The molecule has 0 radical (unpaired) electrons. The Balaban J connectivity index is 1.61. The SMILES string of the molecule is CNCC1(c2ccccc2)CCC[C@]2(CN(c3ccc(OC)nc3)C(=O)N2)C1. The summed E-state index contributed by atoms with van der Waals surface area (Å²) in [7, 11) is 3.60. The Hall–Kier alpha value is -2.60. The fraction of sp³-hybridized carbons (Fsp3) is 0.455. The highest BCUT2D eigenvalue weighted by atomic mass is 16.5. The van der Waals surface area contributed by atoms with Crippen LogP contribution >= 0.6 is 0 Å². The Kier molecular flexibility index (Phi) is 4.98.